The Morgan fingerprint density at radius 2 is 1.84 bits per heavy atom. The van der Waals surface area contributed by atoms with Crippen LogP contribution in [0.5, 0.6) is 0 Å². The number of aromatic nitrogens is 3. The molecule has 6 rings (SSSR count). The lowest BCUT2D eigenvalue weighted by atomic mass is 10.0. The summed E-state index contributed by atoms with van der Waals surface area (Å²) in [5, 5.41) is 12.4. The molecule has 0 bridgehead atoms. The molecule has 2 aliphatic rings. The van der Waals surface area contributed by atoms with Gasteiger partial charge in [-0.15, -0.1) is 33.3 Å². The minimum atomic E-state index is -0.825. The number of carbonyl (C=O) groups is 3. The molecule has 1 fully saturated rings. The Labute approximate surface area is 282 Å². The Hall–Kier alpha value is -3.25. The molecule has 4 aromatic rings. The zero-order valence-electron chi connectivity index (χ0n) is 22.7. The third-order valence-electron chi connectivity index (χ3n) is 6.82. The van der Waals surface area contributed by atoms with Gasteiger partial charge in [0.1, 0.15) is 22.6 Å². The van der Waals surface area contributed by atoms with Crippen molar-refractivity contribution in [1.29, 1.82) is 0 Å². The molecular weight excluding hydrogens is 752 g/mol. The second kappa shape index (κ2) is 13.8. The van der Waals surface area contributed by atoms with Crippen molar-refractivity contribution in [3.63, 3.8) is 0 Å². The average Bonchev–Trinajstić information content (AvgIpc) is 3.74. The first-order chi connectivity index (χ1) is 21.4. The molecule has 0 aliphatic carbocycles. The molecule has 2 aromatic carbocycles. The van der Waals surface area contributed by atoms with E-state index in [1.54, 1.807) is 15.0 Å². The number of ether oxygens (including phenoxy) is 1. The molecule has 4 heterocycles. The molecule has 1 unspecified atom stereocenters. The lowest BCUT2D eigenvalue weighted by Crippen LogP contribution is -2.70. The number of rotatable bonds is 10. The van der Waals surface area contributed by atoms with E-state index in [9.17, 15) is 14.4 Å². The highest BCUT2D eigenvalue weighted by atomic mass is 127. The predicted molar refractivity (Wildman–Crippen MR) is 182 cm³/mol. The Morgan fingerprint density at radius 3 is 2.43 bits per heavy atom. The summed E-state index contributed by atoms with van der Waals surface area (Å²) in [6.07, 6.45) is -0.684. The number of β-lactam (4-membered cyclic amide) rings is 1. The third kappa shape index (κ3) is 6.42. The quantitative estimate of drug-likeness (QED) is 0.0733. The summed E-state index contributed by atoms with van der Waals surface area (Å²) in [5.41, 5.74) is 10.7. The number of nitrogens with zero attached hydrogens (tertiary/aromatic N) is 4. The summed E-state index contributed by atoms with van der Waals surface area (Å²) in [6.45, 7) is 0. The molecule has 10 nitrogen and oxygen atoms in total. The molecular formula is C29H23IN6O4S4. The third-order valence-corrected chi connectivity index (χ3v) is 11.4. The zero-order chi connectivity index (χ0) is 30.6. The van der Waals surface area contributed by atoms with Crippen LogP contribution in [0.15, 0.2) is 91.2 Å². The van der Waals surface area contributed by atoms with Crippen LogP contribution in [0.3, 0.4) is 0 Å². The highest BCUT2D eigenvalue weighted by Crippen LogP contribution is 2.43. The Kier molecular flexibility index (Phi) is 9.65. The van der Waals surface area contributed by atoms with Gasteiger partial charge in [-0.1, -0.05) is 106 Å². The number of nitrogens with two attached hydrogens (primary N) is 1. The van der Waals surface area contributed by atoms with Crippen molar-refractivity contribution >= 4 is 97.3 Å². The standard InChI is InChI=1S/C29H23IN6O4S4/c30-11-19(20-14-42-28(31)33-20)24(37)34-21-25(38)36-22(18(12-41-26(21)36)13-43-29-35-32-15-44-29)27(39)40-23(16-7-3-1-4-8-16)17-9-5-2-6-10-17/h1-11,14-15,21,23,26H,12-13H2,(H2,31,33)(H,34,37)/b19-11+/t21?,26-/m1/s1. The van der Waals surface area contributed by atoms with Crippen LogP contribution in [-0.4, -0.2) is 60.8 Å². The largest absolute Gasteiger partial charge is 0.448 e. The topological polar surface area (TPSA) is 140 Å². The number of carbonyl (C=O) groups excluding carboxylic acids is 3. The van der Waals surface area contributed by atoms with E-state index in [0.29, 0.717) is 27.9 Å². The van der Waals surface area contributed by atoms with Gasteiger partial charge in [-0.25, -0.2) is 9.78 Å². The number of nitrogen functional groups attached to an aromatic ring is 1. The van der Waals surface area contributed by atoms with Crippen LogP contribution in [0.2, 0.25) is 0 Å². The lowest BCUT2D eigenvalue weighted by Gasteiger charge is -2.49. The van der Waals surface area contributed by atoms with Crippen molar-refractivity contribution in [3.8, 4) is 0 Å². The first kappa shape index (κ1) is 30.8. The zero-order valence-corrected chi connectivity index (χ0v) is 28.1. The van der Waals surface area contributed by atoms with Gasteiger partial charge in [0, 0.05) is 16.9 Å². The maximum atomic E-state index is 14.1. The monoisotopic (exact) mass is 774 g/mol. The van der Waals surface area contributed by atoms with Gasteiger partial charge < -0.3 is 15.8 Å². The number of hydrogen-bond acceptors (Lipinski definition) is 12. The number of fused-ring (bicyclic) bond motifs is 1. The fraction of sp³-hybridized carbons (Fsp3) is 0.172. The fourth-order valence-electron chi connectivity index (χ4n) is 4.76. The maximum absolute atomic E-state index is 14.1. The van der Waals surface area contributed by atoms with Crippen LogP contribution in [-0.2, 0) is 19.1 Å². The highest BCUT2D eigenvalue weighted by molar-refractivity contribution is 14.1. The van der Waals surface area contributed by atoms with E-state index in [1.165, 1.54) is 51.1 Å². The Morgan fingerprint density at radius 1 is 1.14 bits per heavy atom. The van der Waals surface area contributed by atoms with E-state index in [4.69, 9.17) is 10.5 Å². The van der Waals surface area contributed by atoms with Gasteiger partial charge in [-0.2, -0.15) is 0 Å². The molecule has 2 amide bonds. The summed E-state index contributed by atoms with van der Waals surface area (Å²) in [6, 6.07) is 18.1. The molecule has 224 valence electrons. The van der Waals surface area contributed by atoms with Crippen molar-refractivity contribution in [2.45, 2.75) is 21.9 Å². The van der Waals surface area contributed by atoms with Crippen molar-refractivity contribution in [1.82, 2.24) is 25.4 Å². The lowest BCUT2D eigenvalue weighted by molar-refractivity contribution is -0.154. The van der Waals surface area contributed by atoms with Crippen LogP contribution in [0.1, 0.15) is 22.9 Å². The fourth-order valence-corrected chi connectivity index (χ4v) is 8.89. The van der Waals surface area contributed by atoms with E-state index in [0.717, 1.165) is 21.0 Å². The van der Waals surface area contributed by atoms with Gasteiger partial charge in [0.05, 0.1) is 11.3 Å². The molecule has 0 radical (unpaired) electrons. The summed E-state index contributed by atoms with van der Waals surface area (Å²) in [4.78, 5) is 46.7. The molecule has 0 saturated carbocycles. The number of hydrogen-bond donors (Lipinski definition) is 2. The second-order valence-electron chi connectivity index (χ2n) is 9.51. The molecule has 3 N–H and O–H groups in total. The number of amides is 2. The Bertz CT molecular complexity index is 1690. The van der Waals surface area contributed by atoms with Crippen LogP contribution >= 0.6 is 68.8 Å². The molecule has 15 heteroatoms. The number of anilines is 1. The smallest absolute Gasteiger partial charge is 0.356 e. The molecule has 1 saturated heterocycles. The van der Waals surface area contributed by atoms with Crippen LogP contribution in [0.4, 0.5) is 5.13 Å². The summed E-state index contributed by atoms with van der Waals surface area (Å²) >= 11 is 7.53. The first-order valence-corrected chi connectivity index (χ1v) is 18.2. The van der Waals surface area contributed by atoms with Gasteiger partial charge in [-0.3, -0.25) is 14.5 Å². The van der Waals surface area contributed by atoms with E-state index >= 15 is 0 Å². The van der Waals surface area contributed by atoms with Crippen molar-refractivity contribution in [2.24, 2.45) is 0 Å². The number of esters is 1. The van der Waals surface area contributed by atoms with Crippen LogP contribution in [0.25, 0.3) is 5.57 Å². The summed E-state index contributed by atoms with van der Waals surface area (Å²) in [7, 11) is 0. The second-order valence-corrected chi connectivity index (χ2v) is 14.2. The van der Waals surface area contributed by atoms with Crippen LogP contribution < -0.4 is 11.1 Å². The summed E-state index contributed by atoms with van der Waals surface area (Å²) in [5.74, 6) is -0.542. The Balaban J connectivity index is 1.28. The highest BCUT2D eigenvalue weighted by Gasteiger charge is 2.54. The number of benzene rings is 2. The van der Waals surface area contributed by atoms with E-state index in [-0.39, 0.29) is 11.6 Å². The minimum absolute atomic E-state index is 0.204. The van der Waals surface area contributed by atoms with Gasteiger partial charge in [0.2, 0.25) is 0 Å². The predicted octanol–water partition coefficient (Wildman–Crippen LogP) is 5.13. The van der Waals surface area contributed by atoms with Crippen molar-refractivity contribution in [3.05, 3.63) is 104 Å². The van der Waals surface area contributed by atoms with Gasteiger partial charge in [0.25, 0.3) is 11.8 Å². The van der Waals surface area contributed by atoms with E-state index in [1.807, 2.05) is 83.3 Å². The number of thioether (sulfide) groups is 2. The maximum Gasteiger partial charge on any atom is 0.356 e. The van der Waals surface area contributed by atoms with Crippen LogP contribution in [0, 0.1) is 0 Å². The molecule has 2 aliphatic heterocycles. The van der Waals surface area contributed by atoms with Gasteiger partial charge in [-0.05, 0) is 20.8 Å². The number of halogens is 1. The normalized spacial score (nSPS) is 18.2. The average molecular weight is 775 g/mol. The first-order valence-electron chi connectivity index (χ1n) is 13.1. The molecule has 2 atom stereocenters. The van der Waals surface area contributed by atoms with Crippen molar-refractivity contribution < 1.29 is 19.1 Å². The summed E-state index contributed by atoms with van der Waals surface area (Å²) < 4.78 is 8.57. The molecule has 44 heavy (non-hydrogen) atoms. The number of nitrogens with one attached hydrogen (secondary N) is 1. The molecule has 0 spiro atoms. The number of thiazole rings is 1. The molecule has 2 aromatic heterocycles. The van der Waals surface area contributed by atoms with E-state index in [2.05, 4.69) is 20.5 Å². The van der Waals surface area contributed by atoms with Gasteiger partial charge in [0.15, 0.2) is 15.6 Å². The minimum Gasteiger partial charge on any atom is -0.448 e. The van der Waals surface area contributed by atoms with E-state index < -0.39 is 29.4 Å². The van der Waals surface area contributed by atoms with Crippen molar-refractivity contribution in [2.75, 3.05) is 17.2 Å². The van der Waals surface area contributed by atoms with Gasteiger partial charge >= 0.3 is 5.97 Å². The SMILES string of the molecule is Nc1nc(/C(=C\I)C(=O)NC2C(=O)N3C(C(=O)OC(c4ccccc4)c4ccccc4)=C(CSc4nncs4)CS[C@H]23)cs1.